The highest BCUT2D eigenvalue weighted by atomic mass is 127. The average molecular weight is 527 g/mol. The summed E-state index contributed by atoms with van der Waals surface area (Å²) in [7, 11) is 1.54. The SMILES string of the molecule is COc1cc(C=NNC(=O)C(C)C(=O)Nc2ccccc2F)cc(I)c1OC(C)C. The molecule has 0 aliphatic heterocycles. The van der Waals surface area contributed by atoms with Crippen LogP contribution in [0.4, 0.5) is 10.1 Å². The molecule has 0 radical (unpaired) electrons. The van der Waals surface area contributed by atoms with Crippen LogP contribution in [0.5, 0.6) is 11.5 Å². The smallest absolute Gasteiger partial charge is 0.252 e. The fraction of sp³-hybridized carbons (Fsp3) is 0.286. The van der Waals surface area contributed by atoms with Crippen molar-refractivity contribution >= 4 is 46.3 Å². The van der Waals surface area contributed by atoms with E-state index in [2.05, 4.69) is 38.4 Å². The number of nitrogens with one attached hydrogen (secondary N) is 2. The van der Waals surface area contributed by atoms with Gasteiger partial charge in [0.2, 0.25) is 5.91 Å². The standard InChI is InChI=1S/C21H23FIN3O4/c1-12(2)30-19-16(23)9-14(10-18(19)29-4)11-24-26-21(28)13(3)20(27)25-17-8-6-5-7-15(17)22/h5-13H,1-4H3,(H,25,27)(H,26,28). The van der Waals surface area contributed by atoms with Gasteiger partial charge in [-0.05, 0) is 73.2 Å². The number of hydrogen-bond acceptors (Lipinski definition) is 5. The average Bonchev–Trinajstić information content (AvgIpc) is 2.70. The molecular weight excluding hydrogens is 504 g/mol. The Balaban J connectivity index is 2.02. The molecule has 2 rings (SSSR count). The van der Waals surface area contributed by atoms with Gasteiger partial charge in [0.1, 0.15) is 11.7 Å². The van der Waals surface area contributed by atoms with Crippen LogP contribution in [0.1, 0.15) is 26.3 Å². The minimum Gasteiger partial charge on any atom is -0.493 e. The molecule has 0 saturated heterocycles. The highest BCUT2D eigenvalue weighted by molar-refractivity contribution is 14.1. The van der Waals surface area contributed by atoms with Crippen LogP contribution in [-0.4, -0.2) is 31.2 Å². The summed E-state index contributed by atoms with van der Waals surface area (Å²) < 4.78 is 25.6. The molecule has 0 saturated carbocycles. The summed E-state index contributed by atoms with van der Waals surface area (Å²) in [4.78, 5) is 24.4. The maximum Gasteiger partial charge on any atom is 0.252 e. The molecule has 7 nitrogen and oxygen atoms in total. The van der Waals surface area contributed by atoms with Crippen LogP contribution in [0.3, 0.4) is 0 Å². The van der Waals surface area contributed by atoms with Gasteiger partial charge in [-0.2, -0.15) is 5.10 Å². The number of ether oxygens (including phenoxy) is 2. The van der Waals surface area contributed by atoms with Crippen LogP contribution in [0.2, 0.25) is 0 Å². The summed E-state index contributed by atoms with van der Waals surface area (Å²) in [6.45, 7) is 5.25. The van der Waals surface area contributed by atoms with Gasteiger partial charge in [0.25, 0.3) is 5.91 Å². The third-order valence-corrected chi connectivity index (χ3v) is 4.71. The zero-order chi connectivity index (χ0) is 22.3. The van der Waals surface area contributed by atoms with Crippen molar-refractivity contribution in [2.24, 2.45) is 11.0 Å². The van der Waals surface area contributed by atoms with E-state index in [0.29, 0.717) is 17.1 Å². The van der Waals surface area contributed by atoms with Crippen LogP contribution >= 0.6 is 22.6 Å². The van der Waals surface area contributed by atoms with Crippen molar-refractivity contribution in [2.45, 2.75) is 26.9 Å². The van der Waals surface area contributed by atoms with Gasteiger partial charge in [-0.1, -0.05) is 12.1 Å². The second kappa shape index (κ2) is 10.9. The first-order valence-electron chi connectivity index (χ1n) is 9.15. The fourth-order valence-corrected chi connectivity index (χ4v) is 3.11. The van der Waals surface area contributed by atoms with E-state index in [1.165, 1.54) is 38.4 Å². The van der Waals surface area contributed by atoms with Crippen molar-refractivity contribution in [3.8, 4) is 11.5 Å². The Labute approximate surface area is 188 Å². The number of carbonyl (C=O) groups is 2. The molecule has 0 fully saturated rings. The quantitative estimate of drug-likeness (QED) is 0.236. The third kappa shape index (κ3) is 6.41. The van der Waals surface area contributed by atoms with Crippen LogP contribution < -0.4 is 20.2 Å². The molecule has 2 amide bonds. The zero-order valence-electron chi connectivity index (χ0n) is 17.0. The van der Waals surface area contributed by atoms with Gasteiger partial charge in [-0.3, -0.25) is 9.59 Å². The van der Waals surface area contributed by atoms with Gasteiger partial charge in [0.15, 0.2) is 11.5 Å². The number of nitrogens with zero attached hydrogens (tertiary/aromatic N) is 1. The Morgan fingerprint density at radius 3 is 2.50 bits per heavy atom. The van der Waals surface area contributed by atoms with Gasteiger partial charge in [-0.15, -0.1) is 0 Å². The third-order valence-electron chi connectivity index (χ3n) is 3.91. The largest absolute Gasteiger partial charge is 0.493 e. The highest BCUT2D eigenvalue weighted by Gasteiger charge is 2.22. The van der Waals surface area contributed by atoms with E-state index in [1.54, 1.807) is 12.1 Å². The number of rotatable bonds is 8. The van der Waals surface area contributed by atoms with Crippen molar-refractivity contribution in [3.05, 3.63) is 51.3 Å². The summed E-state index contributed by atoms with van der Waals surface area (Å²) in [6, 6.07) is 9.28. The first kappa shape index (κ1) is 23.6. The van der Waals surface area contributed by atoms with Gasteiger partial charge >= 0.3 is 0 Å². The normalized spacial score (nSPS) is 12.0. The minimum absolute atomic E-state index is 0.0102. The number of hydrogen-bond donors (Lipinski definition) is 2. The number of methoxy groups -OCH3 is 1. The number of carbonyl (C=O) groups excluding carboxylic acids is 2. The van der Waals surface area contributed by atoms with E-state index in [-0.39, 0.29) is 11.8 Å². The molecule has 9 heteroatoms. The Kier molecular flexibility index (Phi) is 8.58. The van der Waals surface area contributed by atoms with E-state index < -0.39 is 23.5 Å². The van der Waals surface area contributed by atoms with Crippen molar-refractivity contribution < 1.29 is 23.5 Å². The van der Waals surface area contributed by atoms with E-state index >= 15 is 0 Å². The van der Waals surface area contributed by atoms with Crippen LogP contribution in [0, 0.1) is 15.3 Å². The first-order valence-corrected chi connectivity index (χ1v) is 10.2. The van der Waals surface area contributed by atoms with Crippen molar-refractivity contribution in [3.63, 3.8) is 0 Å². The minimum atomic E-state index is -1.07. The Bertz CT molecular complexity index is 950. The lowest BCUT2D eigenvalue weighted by atomic mass is 10.1. The lowest BCUT2D eigenvalue weighted by Gasteiger charge is -2.15. The van der Waals surface area contributed by atoms with Gasteiger partial charge < -0.3 is 14.8 Å². The summed E-state index contributed by atoms with van der Waals surface area (Å²) in [6.07, 6.45) is 1.42. The Morgan fingerprint density at radius 2 is 1.87 bits per heavy atom. The molecule has 0 aromatic heterocycles. The van der Waals surface area contributed by atoms with E-state index in [1.807, 2.05) is 19.9 Å². The molecule has 0 bridgehead atoms. The molecule has 0 aliphatic carbocycles. The molecule has 30 heavy (non-hydrogen) atoms. The summed E-state index contributed by atoms with van der Waals surface area (Å²) in [5, 5.41) is 6.28. The van der Waals surface area contributed by atoms with Gasteiger partial charge in [-0.25, -0.2) is 9.82 Å². The van der Waals surface area contributed by atoms with Crippen molar-refractivity contribution in [1.82, 2.24) is 5.43 Å². The van der Waals surface area contributed by atoms with Crippen molar-refractivity contribution in [2.75, 3.05) is 12.4 Å². The number of benzene rings is 2. The van der Waals surface area contributed by atoms with Crippen LogP contribution in [0.25, 0.3) is 0 Å². The number of halogens is 2. The molecule has 1 atom stereocenters. The van der Waals surface area contributed by atoms with E-state index in [4.69, 9.17) is 9.47 Å². The first-order chi connectivity index (χ1) is 14.2. The number of hydrazone groups is 1. The predicted molar refractivity (Wildman–Crippen MR) is 121 cm³/mol. The highest BCUT2D eigenvalue weighted by Crippen LogP contribution is 2.34. The zero-order valence-corrected chi connectivity index (χ0v) is 19.2. The number of anilines is 1. The maximum atomic E-state index is 13.6. The number of amides is 2. The van der Waals surface area contributed by atoms with E-state index in [0.717, 1.165) is 3.57 Å². The lowest BCUT2D eigenvalue weighted by molar-refractivity contribution is -0.131. The summed E-state index contributed by atoms with van der Waals surface area (Å²) in [5.41, 5.74) is 3.00. The van der Waals surface area contributed by atoms with E-state index in [9.17, 15) is 14.0 Å². The van der Waals surface area contributed by atoms with Gasteiger partial charge in [0.05, 0.1) is 28.7 Å². The topological polar surface area (TPSA) is 89.0 Å². The molecular formula is C21H23FIN3O4. The predicted octanol–water partition coefficient (Wildman–Crippen LogP) is 3.95. The summed E-state index contributed by atoms with van der Waals surface area (Å²) in [5.74, 6) is -1.74. The molecule has 160 valence electrons. The second-order valence-corrected chi connectivity index (χ2v) is 7.79. The maximum absolute atomic E-state index is 13.6. The monoisotopic (exact) mass is 527 g/mol. The molecule has 0 aliphatic rings. The van der Waals surface area contributed by atoms with Crippen LogP contribution in [0.15, 0.2) is 41.5 Å². The lowest BCUT2D eigenvalue weighted by Crippen LogP contribution is -2.34. The Hall–Kier alpha value is -2.69. The molecule has 1 unspecified atom stereocenters. The molecule has 2 aromatic rings. The van der Waals surface area contributed by atoms with Crippen LogP contribution in [-0.2, 0) is 9.59 Å². The fourth-order valence-electron chi connectivity index (χ4n) is 2.35. The Morgan fingerprint density at radius 1 is 1.17 bits per heavy atom. The second-order valence-electron chi connectivity index (χ2n) is 6.63. The summed E-state index contributed by atoms with van der Waals surface area (Å²) >= 11 is 2.13. The number of para-hydroxylation sites is 1. The van der Waals surface area contributed by atoms with Gasteiger partial charge in [0, 0.05) is 0 Å². The molecule has 2 N–H and O–H groups in total. The van der Waals surface area contributed by atoms with Crippen molar-refractivity contribution in [1.29, 1.82) is 0 Å². The molecule has 0 heterocycles. The molecule has 2 aromatic carbocycles. The molecule has 0 spiro atoms.